The SMILES string of the molecule is C=CCO[C@]1(C)C[C@@H](C)CN[C@H](C)[C@H]2CC(=O)O[C@]2(C)[C@@H](CC)OC(=O)[C@H](C)C(=O)[C@H](C)[C@H]1OCOC. The second-order valence-corrected chi connectivity index (χ2v) is 11.1. The minimum atomic E-state index is -1.04. The minimum Gasteiger partial charge on any atom is -0.458 e. The van der Waals surface area contributed by atoms with Gasteiger partial charge in [0.1, 0.15) is 18.8 Å². The smallest absolute Gasteiger partial charge is 0.316 e. The molecule has 0 radical (unpaired) electrons. The molecular formula is C28H47NO8. The van der Waals surface area contributed by atoms with Crippen LogP contribution in [0.3, 0.4) is 0 Å². The van der Waals surface area contributed by atoms with E-state index < -0.39 is 41.2 Å². The number of ketones is 1. The number of hydrogen-bond donors (Lipinski definition) is 1. The van der Waals surface area contributed by atoms with Crippen molar-refractivity contribution >= 4 is 17.7 Å². The zero-order valence-corrected chi connectivity index (χ0v) is 23.8. The van der Waals surface area contributed by atoms with Gasteiger partial charge in [-0.05, 0) is 53.0 Å². The van der Waals surface area contributed by atoms with Crippen molar-refractivity contribution in [2.45, 2.75) is 97.2 Å². The third kappa shape index (κ3) is 7.19. The Balaban J connectivity index is 2.53. The quantitative estimate of drug-likeness (QED) is 0.231. The van der Waals surface area contributed by atoms with Crippen LogP contribution in [0.2, 0.25) is 0 Å². The number of Topliss-reactive ketones (excluding diaryl/α,β-unsaturated/α-hetero) is 1. The van der Waals surface area contributed by atoms with Crippen LogP contribution in [0.25, 0.3) is 0 Å². The number of cyclic esters (lactones) is 1. The number of methoxy groups -OCH3 is 1. The average molecular weight is 526 g/mol. The van der Waals surface area contributed by atoms with Crippen LogP contribution in [0, 0.1) is 23.7 Å². The number of carbonyl (C=O) groups is 3. The van der Waals surface area contributed by atoms with Gasteiger partial charge in [-0.3, -0.25) is 14.4 Å². The first-order chi connectivity index (χ1) is 17.3. The van der Waals surface area contributed by atoms with Crippen molar-refractivity contribution in [2.75, 3.05) is 27.1 Å². The van der Waals surface area contributed by atoms with Crippen molar-refractivity contribution in [3.8, 4) is 0 Å². The molecule has 0 unspecified atom stereocenters. The molecule has 0 aromatic heterocycles. The lowest BCUT2D eigenvalue weighted by Gasteiger charge is -2.42. The van der Waals surface area contributed by atoms with Gasteiger partial charge in [0.25, 0.3) is 0 Å². The Kier molecular flexibility index (Phi) is 11.3. The van der Waals surface area contributed by atoms with Crippen molar-refractivity contribution in [3.05, 3.63) is 12.7 Å². The molecule has 37 heavy (non-hydrogen) atoms. The van der Waals surface area contributed by atoms with Crippen LogP contribution < -0.4 is 5.32 Å². The average Bonchev–Trinajstić information content (AvgIpc) is 3.17. The van der Waals surface area contributed by atoms with Crippen LogP contribution in [0.15, 0.2) is 12.7 Å². The Morgan fingerprint density at radius 2 is 1.84 bits per heavy atom. The molecule has 2 rings (SSSR count). The molecule has 9 nitrogen and oxygen atoms in total. The number of hydrogen-bond acceptors (Lipinski definition) is 9. The topological polar surface area (TPSA) is 109 Å². The normalized spacial score (nSPS) is 40.2. The van der Waals surface area contributed by atoms with Crippen LogP contribution in [0.4, 0.5) is 0 Å². The van der Waals surface area contributed by atoms with Gasteiger partial charge in [0.2, 0.25) is 0 Å². The summed E-state index contributed by atoms with van der Waals surface area (Å²) in [5, 5.41) is 3.57. The zero-order valence-electron chi connectivity index (χ0n) is 23.8. The fourth-order valence-corrected chi connectivity index (χ4v) is 6.02. The molecule has 1 N–H and O–H groups in total. The molecule has 2 heterocycles. The number of esters is 2. The van der Waals surface area contributed by atoms with E-state index in [1.807, 2.05) is 27.7 Å². The Bertz CT molecular complexity index is 818. The summed E-state index contributed by atoms with van der Waals surface area (Å²) in [7, 11) is 1.52. The molecule has 212 valence electrons. The van der Waals surface area contributed by atoms with Gasteiger partial charge in [0.05, 0.1) is 24.7 Å². The van der Waals surface area contributed by atoms with E-state index in [0.29, 0.717) is 19.4 Å². The molecule has 0 saturated carbocycles. The number of carbonyl (C=O) groups excluding carboxylic acids is 3. The zero-order chi connectivity index (χ0) is 28.0. The molecule has 0 bridgehead atoms. The maximum atomic E-state index is 13.6. The van der Waals surface area contributed by atoms with Crippen LogP contribution in [0.5, 0.6) is 0 Å². The van der Waals surface area contributed by atoms with E-state index in [1.165, 1.54) is 7.11 Å². The Hall–Kier alpha value is -1.81. The first kappa shape index (κ1) is 31.4. The fourth-order valence-electron chi connectivity index (χ4n) is 6.02. The van der Waals surface area contributed by atoms with E-state index in [0.717, 1.165) is 0 Å². The lowest BCUT2D eigenvalue weighted by Crippen LogP contribution is -2.53. The second kappa shape index (κ2) is 13.3. The summed E-state index contributed by atoms with van der Waals surface area (Å²) in [4.78, 5) is 39.3. The van der Waals surface area contributed by atoms with Gasteiger partial charge in [-0.15, -0.1) is 6.58 Å². The van der Waals surface area contributed by atoms with Gasteiger partial charge in [-0.1, -0.05) is 26.8 Å². The molecule has 0 aromatic carbocycles. The van der Waals surface area contributed by atoms with E-state index >= 15 is 0 Å². The number of rotatable bonds is 7. The van der Waals surface area contributed by atoms with E-state index in [1.54, 1.807) is 19.9 Å². The molecule has 0 spiro atoms. The summed E-state index contributed by atoms with van der Waals surface area (Å²) >= 11 is 0. The second-order valence-electron chi connectivity index (χ2n) is 11.1. The highest BCUT2D eigenvalue weighted by Crippen LogP contribution is 2.41. The minimum absolute atomic E-state index is 0.0267. The van der Waals surface area contributed by atoms with Crippen LogP contribution in [0.1, 0.15) is 67.7 Å². The largest absolute Gasteiger partial charge is 0.458 e. The lowest BCUT2D eigenvalue weighted by molar-refractivity contribution is -0.194. The van der Waals surface area contributed by atoms with Gasteiger partial charge in [0.15, 0.2) is 11.4 Å². The van der Waals surface area contributed by atoms with Crippen LogP contribution >= 0.6 is 0 Å². The highest BCUT2D eigenvalue weighted by molar-refractivity contribution is 6.00. The summed E-state index contributed by atoms with van der Waals surface area (Å²) < 4.78 is 29.2. The summed E-state index contributed by atoms with van der Waals surface area (Å²) in [6.45, 7) is 17.7. The lowest BCUT2D eigenvalue weighted by atomic mass is 9.78. The van der Waals surface area contributed by atoms with E-state index in [2.05, 4.69) is 18.8 Å². The molecular weight excluding hydrogens is 478 g/mol. The first-order valence-corrected chi connectivity index (χ1v) is 13.4. The number of nitrogens with one attached hydrogen (secondary N) is 1. The Morgan fingerprint density at radius 3 is 2.43 bits per heavy atom. The van der Waals surface area contributed by atoms with E-state index in [9.17, 15) is 14.4 Å². The van der Waals surface area contributed by atoms with Crippen LogP contribution in [-0.4, -0.2) is 74.2 Å². The Labute approximate surface area is 221 Å². The first-order valence-electron chi connectivity index (χ1n) is 13.4. The molecule has 9 atom stereocenters. The molecule has 2 aliphatic rings. The summed E-state index contributed by atoms with van der Waals surface area (Å²) in [6, 6.07) is -0.0874. The number of ether oxygens (including phenoxy) is 5. The maximum absolute atomic E-state index is 13.6. The van der Waals surface area contributed by atoms with Crippen molar-refractivity contribution < 1.29 is 38.1 Å². The van der Waals surface area contributed by atoms with Gasteiger partial charge >= 0.3 is 11.9 Å². The molecule has 2 saturated heterocycles. The highest BCUT2D eigenvalue weighted by Gasteiger charge is 2.54. The van der Waals surface area contributed by atoms with Gasteiger partial charge in [-0.25, -0.2) is 0 Å². The van der Waals surface area contributed by atoms with Gasteiger partial charge < -0.3 is 29.0 Å². The monoisotopic (exact) mass is 525 g/mol. The fraction of sp³-hybridized carbons (Fsp3) is 0.821. The Morgan fingerprint density at radius 1 is 1.16 bits per heavy atom. The van der Waals surface area contributed by atoms with Crippen molar-refractivity contribution in [2.24, 2.45) is 23.7 Å². The van der Waals surface area contributed by atoms with Crippen molar-refractivity contribution in [1.82, 2.24) is 5.32 Å². The number of fused-ring (bicyclic) bond motifs is 1. The standard InChI is InChI=1S/C28H47NO8/c1-10-12-35-27(7)14-17(3)15-29-20(6)21-13-23(30)37-28(21,8)22(11-2)36-26(32)19(5)24(31)18(4)25(27)34-16-33-9/h10,17-22,25,29H,1,11-16H2,2-9H3/t17-,18+,19-,20-,21-,22-,25-,27-,28+/m1/s1. The third-order valence-corrected chi connectivity index (χ3v) is 8.05. The van der Waals surface area contributed by atoms with E-state index in [4.69, 9.17) is 23.7 Å². The van der Waals surface area contributed by atoms with Crippen molar-refractivity contribution in [1.29, 1.82) is 0 Å². The van der Waals surface area contributed by atoms with Crippen LogP contribution in [-0.2, 0) is 38.1 Å². The molecule has 0 aromatic rings. The summed E-state index contributed by atoms with van der Waals surface area (Å²) in [5.41, 5.74) is -1.87. The van der Waals surface area contributed by atoms with Crippen molar-refractivity contribution in [3.63, 3.8) is 0 Å². The predicted molar refractivity (Wildman–Crippen MR) is 139 cm³/mol. The molecule has 0 aliphatic carbocycles. The molecule has 0 amide bonds. The third-order valence-electron chi connectivity index (χ3n) is 8.05. The van der Waals surface area contributed by atoms with Gasteiger partial charge in [-0.2, -0.15) is 0 Å². The van der Waals surface area contributed by atoms with Gasteiger partial charge in [0, 0.05) is 25.0 Å². The van der Waals surface area contributed by atoms with E-state index in [-0.39, 0.29) is 49.5 Å². The highest BCUT2D eigenvalue weighted by atomic mass is 16.7. The molecule has 2 aliphatic heterocycles. The summed E-state index contributed by atoms with van der Waals surface area (Å²) in [5.74, 6) is -3.08. The predicted octanol–water partition coefficient (Wildman–Crippen LogP) is 3.44. The maximum Gasteiger partial charge on any atom is 0.316 e. The summed E-state index contributed by atoms with van der Waals surface area (Å²) in [6.07, 6.45) is 1.54. The molecule has 2 fully saturated rings. The molecule has 9 heteroatoms.